The van der Waals surface area contributed by atoms with Crippen molar-refractivity contribution in [3.63, 3.8) is 0 Å². The molecule has 8 rings (SSSR count). The summed E-state index contributed by atoms with van der Waals surface area (Å²) in [6.07, 6.45) is 4.56. The molecule has 6 saturated carbocycles. The first-order valence-electron chi connectivity index (χ1n) is 10.9. The van der Waals surface area contributed by atoms with Gasteiger partial charge in [0.05, 0.1) is 10.8 Å². The lowest BCUT2D eigenvalue weighted by Crippen LogP contribution is -2.53. The first-order valence-corrected chi connectivity index (χ1v) is 10.9. The average molecular weight is 354 g/mol. The molecule has 138 valence electrons. The Morgan fingerprint density at radius 2 is 1.08 bits per heavy atom. The zero-order valence-electron chi connectivity index (χ0n) is 15.4. The number of carbonyl (C=O) groups excluding carboxylic acids is 2. The van der Waals surface area contributed by atoms with E-state index in [1.807, 2.05) is 0 Å². The van der Waals surface area contributed by atoms with E-state index < -0.39 is 0 Å². The predicted octanol–water partition coefficient (Wildman–Crippen LogP) is 2.65. The molecule has 8 fully saturated rings. The normalized spacial score (nSPS) is 72.7. The Labute approximate surface area is 153 Å². The fourth-order valence-electron chi connectivity index (χ4n) is 11.4. The van der Waals surface area contributed by atoms with Crippen LogP contribution in [0, 0.1) is 70.0 Å². The van der Waals surface area contributed by atoms with Crippen LogP contribution in [0.1, 0.15) is 39.5 Å². The van der Waals surface area contributed by atoms with E-state index >= 15 is 0 Å². The van der Waals surface area contributed by atoms with Gasteiger partial charge in [0.25, 0.3) is 0 Å². The van der Waals surface area contributed by atoms with Gasteiger partial charge in [-0.05, 0) is 86.9 Å². The van der Waals surface area contributed by atoms with Gasteiger partial charge in [-0.2, -0.15) is 0 Å². The van der Waals surface area contributed by atoms with Crippen molar-refractivity contribution in [1.29, 1.82) is 0 Å². The van der Waals surface area contributed by atoms with Crippen LogP contribution in [0.3, 0.4) is 0 Å². The van der Waals surface area contributed by atoms with Crippen LogP contribution >= 0.6 is 0 Å². The molecule has 4 nitrogen and oxygen atoms in total. The lowest BCUT2D eigenvalue weighted by Gasteiger charge is -2.47. The number of ether oxygens (including phenoxy) is 2. The number of hydrogen-bond acceptors (Lipinski definition) is 4. The molecule has 0 amide bonds. The summed E-state index contributed by atoms with van der Waals surface area (Å²) in [7, 11) is 0. The number of rotatable bonds is 0. The third kappa shape index (κ3) is 1.00. The van der Waals surface area contributed by atoms with Gasteiger partial charge < -0.3 is 9.47 Å². The van der Waals surface area contributed by atoms with Crippen molar-refractivity contribution < 1.29 is 19.1 Å². The van der Waals surface area contributed by atoms with Crippen LogP contribution in [0.2, 0.25) is 0 Å². The van der Waals surface area contributed by atoms with Crippen LogP contribution in [-0.4, -0.2) is 24.1 Å². The molecular weight excluding hydrogens is 328 g/mol. The van der Waals surface area contributed by atoms with Gasteiger partial charge in [0, 0.05) is 11.8 Å². The number of hydrogen-bond donors (Lipinski definition) is 0. The van der Waals surface area contributed by atoms with Gasteiger partial charge in [-0.3, -0.25) is 9.59 Å². The Balaban J connectivity index is 1.45. The molecule has 2 aliphatic heterocycles. The summed E-state index contributed by atoms with van der Waals surface area (Å²) in [6, 6.07) is 0. The number of carbonyl (C=O) groups is 2. The van der Waals surface area contributed by atoms with E-state index in [0.29, 0.717) is 59.2 Å². The second kappa shape index (κ2) is 3.63. The van der Waals surface area contributed by atoms with Gasteiger partial charge in [0.2, 0.25) is 0 Å². The molecule has 14 atom stereocenters. The van der Waals surface area contributed by atoms with Crippen molar-refractivity contribution in [2.45, 2.75) is 51.7 Å². The molecule has 0 aromatic heterocycles. The van der Waals surface area contributed by atoms with Crippen LogP contribution in [0.4, 0.5) is 0 Å². The topological polar surface area (TPSA) is 52.6 Å². The van der Waals surface area contributed by atoms with Crippen molar-refractivity contribution in [1.82, 2.24) is 0 Å². The highest BCUT2D eigenvalue weighted by molar-refractivity contribution is 5.83. The van der Waals surface area contributed by atoms with E-state index in [0.717, 1.165) is 25.7 Å². The summed E-state index contributed by atoms with van der Waals surface area (Å²) in [4.78, 5) is 26.7. The van der Waals surface area contributed by atoms with Crippen LogP contribution < -0.4 is 0 Å². The maximum absolute atomic E-state index is 13.4. The van der Waals surface area contributed by atoms with E-state index in [-0.39, 0.29) is 35.0 Å². The van der Waals surface area contributed by atoms with Gasteiger partial charge in [-0.1, -0.05) is 0 Å². The minimum Gasteiger partial charge on any atom is -0.462 e. The van der Waals surface area contributed by atoms with Crippen LogP contribution in [0.15, 0.2) is 0 Å². The smallest absolute Gasteiger partial charge is 0.312 e. The first-order chi connectivity index (χ1) is 12.5. The van der Waals surface area contributed by atoms with Crippen molar-refractivity contribution in [2.75, 3.05) is 0 Å². The van der Waals surface area contributed by atoms with Gasteiger partial charge in [0.15, 0.2) is 0 Å². The SMILES string of the molecule is C[C@@]12C(=O)O[C@@H]3CC[C@@H]4[C@@H]3[C@@H]1[C@@H]1[C@H]3[C@H]5[C@@H]6[C@@H](CC[C@@H]6OC(=O)[C@@]5(C)[C@@H]41)[C@@H]32. The molecule has 2 heterocycles. The fourth-order valence-corrected chi connectivity index (χ4v) is 11.4. The maximum atomic E-state index is 13.4. The Bertz CT molecular complexity index is 740. The summed E-state index contributed by atoms with van der Waals surface area (Å²) < 4.78 is 12.3. The molecule has 8 aliphatic rings. The van der Waals surface area contributed by atoms with Crippen molar-refractivity contribution >= 4 is 11.9 Å². The zero-order chi connectivity index (χ0) is 17.3. The quantitative estimate of drug-likeness (QED) is 0.628. The van der Waals surface area contributed by atoms with Crippen molar-refractivity contribution in [3.05, 3.63) is 0 Å². The van der Waals surface area contributed by atoms with Gasteiger partial charge >= 0.3 is 11.9 Å². The lowest BCUT2D eigenvalue weighted by atomic mass is 9.61. The minimum atomic E-state index is -0.297. The molecule has 0 aromatic carbocycles. The summed E-state index contributed by atoms with van der Waals surface area (Å²) in [5, 5.41) is 0. The monoisotopic (exact) mass is 354 g/mol. The molecule has 0 radical (unpaired) electrons. The zero-order valence-corrected chi connectivity index (χ0v) is 15.4. The molecule has 0 spiro atoms. The van der Waals surface area contributed by atoms with Crippen molar-refractivity contribution in [3.8, 4) is 0 Å². The third-order valence-electron chi connectivity index (χ3n) is 11.4. The Morgan fingerprint density at radius 3 is 1.50 bits per heavy atom. The number of esters is 2. The molecule has 0 aromatic rings. The molecule has 0 unspecified atom stereocenters. The van der Waals surface area contributed by atoms with E-state index in [1.165, 1.54) is 0 Å². The number of fused-ring (bicyclic) bond motifs is 4. The summed E-state index contributed by atoms with van der Waals surface area (Å²) in [5.74, 6) is 5.35. The van der Waals surface area contributed by atoms with Gasteiger partial charge in [-0.15, -0.1) is 0 Å². The molecule has 26 heavy (non-hydrogen) atoms. The lowest BCUT2D eigenvalue weighted by molar-refractivity contribution is -0.189. The van der Waals surface area contributed by atoms with E-state index in [2.05, 4.69) is 13.8 Å². The molecular formula is C22H26O4. The highest BCUT2D eigenvalue weighted by Crippen LogP contribution is 2.86. The standard InChI is InChI=1S/C22H26O4/c1-21-15-7-3-5-10-12(7)18-13(15)14-16(22(18,2)20(24)26-10)8-4-6-9(25-19(21)23)11(8)17(14)21/h7-18H,3-6H2,1-2H3/t7-,8-,9-,10+,11+,12-,13-,14-,15+,16+,17-,18-,21+,22+/m1/s1. The third-order valence-corrected chi connectivity index (χ3v) is 11.4. The molecule has 6 aliphatic carbocycles. The molecule has 0 N–H and O–H groups in total. The summed E-state index contributed by atoms with van der Waals surface area (Å²) in [6.45, 7) is 4.53. The molecule has 2 saturated heterocycles. The van der Waals surface area contributed by atoms with Crippen LogP contribution in [-0.2, 0) is 19.1 Å². The summed E-state index contributed by atoms with van der Waals surface area (Å²) >= 11 is 0. The first kappa shape index (κ1) is 14.0. The average Bonchev–Trinajstić information content (AvgIpc) is 3.34. The minimum absolute atomic E-state index is 0.112. The second-order valence-electron chi connectivity index (χ2n) is 11.3. The second-order valence-corrected chi connectivity index (χ2v) is 11.3. The maximum Gasteiger partial charge on any atom is 0.312 e. The molecule has 4 heteroatoms. The van der Waals surface area contributed by atoms with Crippen molar-refractivity contribution in [2.24, 2.45) is 70.0 Å². The fraction of sp³-hybridized carbons (Fsp3) is 0.909. The highest BCUT2D eigenvalue weighted by Gasteiger charge is 2.88. The van der Waals surface area contributed by atoms with E-state index in [1.54, 1.807) is 0 Å². The summed E-state index contributed by atoms with van der Waals surface area (Å²) in [5.41, 5.74) is -0.593. The largest absolute Gasteiger partial charge is 0.462 e. The van der Waals surface area contributed by atoms with Gasteiger partial charge in [0.1, 0.15) is 12.2 Å². The Kier molecular flexibility index (Phi) is 1.95. The highest BCUT2D eigenvalue weighted by atomic mass is 16.6. The Hall–Kier alpha value is -1.06. The molecule has 0 bridgehead atoms. The van der Waals surface area contributed by atoms with Gasteiger partial charge in [-0.25, -0.2) is 0 Å². The Morgan fingerprint density at radius 1 is 0.654 bits per heavy atom. The van der Waals surface area contributed by atoms with Crippen LogP contribution in [0.25, 0.3) is 0 Å². The predicted molar refractivity (Wildman–Crippen MR) is 89.3 cm³/mol. The van der Waals surface area contributed by atoms with E-state index in [4.69, 9.17) is 9.47 Å². The van der Waals surface area contributed by atoms with Crippen LogP contribution in [0.5, 0.6) is 0 Å². The van der Waals surface area contributed by atoms with E-state index in [9.17, 15) is 9.59 Å².